The lowest BCUT2D eigenvalue weighted by Crippen LogP contribution is -2.23. The summed E-state index contributed by atoms with van der Waals surface area (Å²) in [6.45, 7) is 5.44. The molecular formula is C26H23N3O3S. The van der Waals surface area contributed by atoms with E-state index < -0.39 is 0 Å². The lowest BCUT2D eigenvalue weighted by atomic mass is 10.1. The molecule has 4 aromatic rings. The van der Waals surface area contributed by atoms with Gasteiger partial charge in [0.05, 0.1) is 22.3 Å². The van der Waals surface area contributed by atoms with Crippen LogP contribution in [0, 0.1) is 13.8 Å². The van der Waals surface area contributed by atoms with Gasteiger partial charge in [0.15, 0.2) is 10.9 Å². The molecule has 0 bridgehead atoms. The predicted molar refractivity (Wildman–Crippen MR) is 133 cm³/mol. The van der Waals surface area contributed by atoms with Gasteiger partial charge in [-0.15, -0.1) is 0 Å². The van der Waals surface area contributed by atoms with Crippen molar-refractivity contribution in [1.29, 1.82) is 0 Å². The van der Waals surface area contributed by atoms with Crippen molar-refractivity contribution in [3.05, 3.63) is 93.8 Å². The zero-order valence-corrected chi connectivity index (χ0v) is 19.4. The molecule has 4 rings (SSSR count). The van der Waals surface area contributed by atoms with Crippen LogP contribution in [-0.2, 0) is 4.79 Å². The highest BCUT2D eigenvalue weighted by Gasteiger charge is 2.17. The highest BCUT2D eigenvalue weighted by molar-refractivity contribution is 7.99. The van der Waals surface area contributed by atoms with Crippen LogP contribution in [0.25, 0.3) is 16.6 Å². The van der Waals surface area contributed by atoms with Crippen molar-refractivity contribution in [2.75, 3.05) is 11.1 Å². The molecule has 7 heteroatoms. The van der Waals surface area contributed by atoms with Gasteiger partial charge in [0.1, 0.15) is 0 Å². The maximum Gasteiger partial charge on any atom is 0.266 e. The highest BCUT2D eigenvalue weighted by atomic mass is 32.2. The van der Waals surface area contributed by atoms with Crippen LogP contribution in [0.4, 0.5) is 5.69 Å². The molecule has 0 spiro atoms. The quantitative estimate of drug-likeness (QED) is 0.252. The first-order valence-corrected chi connectivity index (χ1v) is 11.5. The number of hydrogen-bond acceptors (Lipinski definition) is 5. The second-order valence-corrected chi connectivity index (χ2v) is 8.69. The molecule has 166 valence electrons. The Morgan fingerprint density at radius 1 is 1.00 bits per heavy atom. The van der Waals surface area contributed by atoms with E-state index in [0.29, 0.717) is 27.3 Å². The summed E-state index contributed by atoms with van der Waals surface area (Å²) in [5, 5.41) is 3.78. The fraction of sp³-hybridized carbons (Fsp3) is 0.154. The number of thioether (sulfide) groups is 1. The van der Waals surface area contributed by atoms with E-state index in [4.69, 9.17) is 4.98 Å². The van der Waals surface area contributed by atoms with Gasteiger partial charge in [0.2, 0.25) is 5.91 Å². The minimum Gasteiger partial charge on any atom is -0.325 e. The van der Waals surface area contributed by atoms with E-state index in [2.05, 4.69) is 5.32 Å². The number of para-hydroxylation sites is 1. The molecule has 0 aliphatic heterocycles. The Labute approximate surface area is 195 Å². The Bertz CT molecular complexity index is 1440. The molecule has 3 aromatic carbocycles. The molecule has 0 saturated carbocycles. The van der Waals surface area contributed by atoms with Gasteiger partial charge in [-0.25, -0.2) is 4.98 Å². The van der Waals surface area contributed by atoms with Gasteiger partial charge in [-0.05, 0) is 62.2 Å². The van der Waals surface area contributed by atoms with Gasteiger partial charge in [-0.1, -0.05) is 48.2 Å². The van der Waals surface area contributed by atoms with Crippen LogP contribution >= 0.6 is 11.8 Å². The normalized spacial score (nSPS) is 10.9. The molecule has 0 aliphatic rings. The molecule has 0 radical (unpaired) electrons. The lowest BCUT2D eigenvalue weighted by Gasteiger charge is -2.16. The maximum atomic E-state index is 13.4. The largest absolute Gasteiger partial charge is 0.325 e. The summed E-state index contributed by atoms with van der Waals surface area (Å²) in [6.07, 6.45) is 0. The standard InChI is InChI=1S/C26H23N3O3S/c1-16-8-6-13-23(17(16)2)29-25(32)21-11-4-5-12-22(21)28-26(29)33-15-24(31)27-20-10-7-9-19(14-20)18(3)30/h4-14H,15H2,1-3H3,(H,27,31). The van der Waals surface area contributed by atoms with Crippen LogP contribution in [-0.4, -0.2) is 27.0 Å². The second kappa shape index (κ2) is 9.42. The Hall–Kier alpha value is -3.71. The van der Waals surface area contributed by atoms with Crippen LogP contribution in [0.2, 0.25) is 0 Å². The number of aryl methyl sites for hydroxylation is 1. The molecule has 1 amide bonds. The summed E-state index contributed by atoms with van der Waals surface area (Å²) < 4.78 is 1.58. The monoisotopic (exact) mass is 457 g/mol. The van der Waals surface area contributed by atoms with Crippen LogP contribution in [0.5, 0.6) is 0 Å². The number of ketones is 1. The molecule has 0 saturated heterocycles. The first kappa shape index (κ1) is 22.5. The molecule has 0 fully saturated rings. The zero-order chi connectivity index (χ0) is 23.5. The number of hydrogen-bond donors (Lipinski definition) is 1. The van der Waals surface area contributed by atoms with Crippen molar-refractivity contribution >= 4 is 40.0 Å². The lowest BCUT2D eigenvalue weighted by molar-refractivity contribution is -0.113. The van der Waals surface area contributed by atoms with Crippen molar-refractivity contribution in [3.63, 3.8) is 0 Å². The number of benzene rings is 3. The van der Waals surface area contributed by atoms with E-state index in [1.54, 1.807) is 41.0 Å². The Morgan fingerprint density at radius 2 is 1.76 bits per heavy atom. The van der Waals surface area contributed by atoms with Gasteiger partial charge in [0.25, 0.3) is 5.56 Å². The number of amides is 1. The fourth-order valence-corrected chi connectivity index (χ4v) is 4.35. The minimum atomic E-state index is -0.254. The average Bonchev–Trinajstić information content (AvgIpc) is 2.80. The Kier molecular flexibility index (Phi) is 6.42. The SMILES string of the molecule is CC(=O)c1cccc(NC(=O)CSc2nc3ccccc3c(=O)n2-c2cccc(C)c2C)c1. The van der Waals surface area contributed by atoms with E-state index >= 15 is 0 Å². The topological polar surface area (TPSA) is 81.1 Å². The van der Waals surface area contributed by atoms with Crippen molar-refractivity contribution in [1.82, 2.24) is 9.55 Å². The van der Waals surface area contributed by atoms with Crippen LogP contribution < -0.4 is 10.9 Å². The maximum absolute atomic E-state index is 13.4. The third kappa shape index (κ3) is 4.73. The van der Waals surface area contributed by atoms with E-state index in [0.717, 1.165) is 16.8 Å². The van der Waals surface area contributed by atoms with E-state index in [1.807, 2.05) is 44.2 Å². The summed E-state index contributed by atoms with van der Waals surface area (Å²) in [5.74, 6) is -0.269. The number of rotatable bonds is 6. The summed E-state index contributed by atoms with van der Waals surface area (Å²) >= 11 is 1.20. The molecule has 1 N–H and O–H groups in total. The molecule has 1 heterocycles. The average molecular weight is 458 g/mol. The molecule has 33 heavy (non-hydrogen) atoms. The van der Waals surface area contributed by atoms with Gasteiger partial charge >= 0.3 is 0 Å². The number of carbonyl (C=O) groups is 2. The number of nitrogens with zero attached hydrogens (tertiary/aromatic N) is 2. The molecule has 0 atom stereocenters. The van der Waals surface area contributed by atoms with Crippen molar-refractivity contribution in [2.24, 2.45) is 0 Å². The van der Waals surface area contributed by atoms with Crippen molar-refractivity contribution in [2.45, 2.75) is 25.9 Å². The number of anilines is 1. The highest BCUT2D eigenvalue weighted by Crippen LogP contribution is 2.24. The second-order valence-electron chi connectivity index (χ2n) is 7.74. The third-order valence-corrected chi connectivity index (χ3v) is 6.39. The molecule has 0 aliphatic carbocycles. The van der Waals surface area contributed by atoms with Crippen LogP contribution in [0.3, 0.4) is 0 Å². The first-order valence-electron chi connectivity index (χ1n) is 10.5. The van der Waals surface area contributed by atoms with Gasteiger partial charge in [-0.2, -0.15) is 0 Å². The number of aromatic nitrogens is 2. The summed E-state index contributed by atoms with van der Waals surface area (Å²) in [6, 6.07) is 19.8. The molecule has 1 aromatic heterocycles. The summed E-state index contributed by atoms with van der Waals surface area (Å²) in [5.41, 5.74) is 4.27. The molecule has 6 nitrogen and oxygen atoms in total. The number of nitrogens with one attached hydrogen (secondary N) is 1. The zero-order valence-electron chi connectivity index (χ0n) is 18.6. The third-order valence-electron chi connectivity index (χ3n) is 5.45. The van der Waals surface area contributed by atoms with Crippen LogP contribution in [0.1, 0.15) is 28.4 Å². The van der Waals surface area contributed by atoms with Gasteiger partial charge in [-0.3, -0.25) is 19.0 Å². The smallest absolute Gasteiger partial charge is 0.266 e. The molecular weight excluding hydrogens is 434 g/mol. The van der Waals surface area contributed by atoms with E-state index in [1.165, 1.54) is 18.7 Å². The van der Waals surface area contributed by atoms with Gasteiger partial charge < -0.3 is 5.32 Å². The van der Waals surface area contributed by atoms with Gasteiger partial charge in [0, 0.05) is 11.3 Å². The number of Topliss-reactive ketones (excluding diaryl/α,β-unsaturated/α-hetero) is 1. The Balaban J connectivity index is 1.68. The first-order chi connectivity index (χ1) is 15.8. The Morgan fingerprint density at radius 3 is 2.55 bits per heavy atom. The van der Waals surface area contributed by atoms with Crippen molar-refractivity contribution in [3.8, 4) is 5.69 Å². The summed E-state index contributed by atoms with van der Waals surface area (Å²) in [4.78, 5) is 42.4. The van der Waals surface area contributed by atoms with E-state index in [-0.39, 0.29) is 23.0 Å². The summed E-state index contributed by atoms with van der Waals surface area (Å²) in [7, 11) is 0. The number of carbonyl (C=O) groups excluding carboxylic acids is 2. The fourth-order valence-electron chi connectivity index (χ4n) is 3.54. The molecule has 0 unspecified atom stereocenters. The van der Waals surface area contributed by atoms with E-state index in [9.17, 15) is 14.4 Å². The minimum absolute atomic E-state index is 0.0555. The predicted octanol–water partition coefficient (Wildman–Crippen LogP) is 4.94. The number of fused-ring (bicyclic) bond motifs is 1. The van der Waals surface area contributed by atoms with Crippen molar-refractivity contribution < 1.29 is 9.59 Å². The van der Waals surface area contributed by atoms with Crippen LogP contribution in [0.15, 0.2) is 76.7 Å².